The van der Waals surface area contributed by atoms with Gasteiger partial charge in [0.25, 0.3) is 5.91 Å². The van der Waals surface area contributed by atoms with Gasteiger partial charge in [0.1, 0.15) is 0 Å². The molecule has 0 aliphatic rings. The molecule has 2 aromatic rings. The lowest BCUT2D eigenvalue weighted by Gasteiger charge is -2.17. The molecule has 1 unspecified atom stereocenters. The molecule has 0 aromatic heterocycles. The number of carbonyl (C=O) groups is 1. The van der Waals surface area contributed by atoms with E-state index in [1.807, 2.05) is 18.2 Å². The van der Waals surface area contributed by atoms with Gasteiger partial charge in [-0.15, -0.1) is 0 Å². The van der Waals surface area contributed by atoms with E-state index in [9.17, 15) is 18.0 Å². The first-order valence-corrected chi connectivity index (χ1v) is 6.41. The topological polar surface area (TPSA) is 29.1 Å². The van der Waals surface area contributed by atoms with E-state index in [2.05, 4.69) is 5.32 Å². The molecule has 1 atom stereocenters. The molecule has 1 amide bonds. The van der Waals surface area contributed by atoms with E-state index in [0.717, 1.165) is 11.6 Å². The number of carbonyl (C=O) groups excluding carboxylic acids is 1. The Labute approximate surface area is 120 Å². The number of rotatable bonds is 3. The van der Waals surface area contributed by atoms with Crippen LogP contribution in [-0.2, 0) is 6.18 Å². The summed E-state index contributed by atoms with van der Waals surface area (Å²) in [5, 5.41) is 2.59. The quantitative estimate of drug-likeness (QED) is 0.903. The van der Waals surface area contributed by atoms with Gasteiger partial charge in [-0.1, -0.05) is 42.5 Å². The molecule has 0 radical (unpaired) electrons. The average Bonchev–Trinajstić information content (AvgIpc) is 2.47. The molecule has 0 spiro atoms. The normalized spacial score (nSPS) is 12.8. The third-order valence-electron chi connectivity index (χ3n) is 3.12. The molecule has 1 N–H and O–H groups in total. The van der Waals surface area contributed by atoms with Crippen LogP contribution in [0.25, 0.3) is 0 Å². The lowest BCUT2D eigenvalue weighted by atomic mass is 10.0. The van der Waals surface area contributed by atoms with Crippen LogP contribution in [0, 0.1) is 0 Å². The molecular formula is C16H14F3NO. The Balaban J connectivity index is 2.22. The van der Waals surface area contributed by atoms with Crippen molar-refractivity contribution < 1.29 is 18.0 Å². The summed E-state index contributed by atoms with van der Waals surface area (Å²) < 4.78 is 38.7. The van der Waals surface area contributed by atoms with E-state index in [1.165, 1.54) is 18.2 Å². The fourth-order valence-electron chi connectivity index (χ4n) is 2.03. The smallest absolute Gasteiger partial charge is 0.346 e. The van der Waals surface area contributed by atoms with Crippen molar-refractivity contribution in [2.24, 2.45) is 0 Å². The van der Waals surface area contributed by atoms with E-state index < -0.39 is 17.6 Å². The maximum absolute atomic E-state index is 12.9. The highest BCUT2D eigenvalue weighted by atomic mass is 19.4. The lowest BCUT2D eigenvalue weighted by Crippen LogP contribution is -2.28. The average molecular weight is 293 g/mol. The third-order valence-corrected chi connectivity index (χ3v) is 3.12. The van der Waals surface area contributed by atoms with Crippen LogP contribution in [0.15, 0.2) is 54.6 Å². The molecule has 0 heterocycles. The molecule has 0 aliphatic carbocycles. The molecule has 21 heavy (non-hydrogen) atoms. The molecular weight excluding hydrogens is 279 g/mol. The zero-order valence-corrected chi connectivity index (χ0v) is 11.3. The lowest BCUT2D eigenvalue weighted by molar-refractivity contribution is -0.137. The first-order valence-electron chi connectivity index (χ1n) is 6.41. The summed E-state index contributed by atoms with van der Waals surface area (Å²) in [6, 6.07) is 13.4. The third kappa shape index (κ3) is 3.62. The van der Waals surface area contributed by atoms with Crippen molar-refractivity contribution in [2.45, 2.75) is 19.1 Å². The number of alkyl halides is 3. The second kappa shape index (κ2) is 5.99. The highest BCUT2D eigenvalue weighted by Gasteiger charge is 2.34. The highest BCUT2D eigenvalue weighted by Crippen LogP contribution is 2.32. The minimum Gasteiger partial charge on any atom is -0.346 e. The van der Waals surface area contributed by atoms with Crippen molar-refractivity contribution in [3.63, 3.8) is 0 Å². The molecule has 0 saturated heterocycles. The van der Waals surface area contributed by atoms with Gasteiger partial charge in [-0.3, -0.25) is 4.79 Å². The second-order valence-corrected chi connectivity index (χ2v) is 4.65. The molecule has 0 bridgehead atoms. The van der Waals surface area contributed by atoms with Gasteiger partial charge in [-0.05, 0) is 24.6 Å². The summed E-state index contributed by atoms with van der Waals surface area (Å²) in [6.07, 6.45) is -4.55. The van der Waals surface area contributed by atoms with Crippen molar-refractivity contribution >= 4 is 5.91 Å². The molecule has 2 rings (SSSR count). The van der Waals surface area contributed by atoms with Gasteiger partial charge in [0.2, 0.25) is 0 Å². The van der Waals surface area contributed by atoms with E-state index in [0.29, 0.717) is 0 Å². The summed E-state index contributed by atoms with van der Waals surface area (Å²) in [4.78, 5) is 12.1. The van der Waals surface area contributed by atoms with Gasteiger partial charge in [0.15, 0.2) is 0 Å². The highest BCUT2D eigenvalue weighted by molar-refractivity contribution is 5.96. The Morgan fingerprint density at radius 2 is 1.57 bits per heavy atom. The fraction of sp³-hybridized carbons (Fsp3) is 0.188. The van der Waals surface area contributed by atoms with Crippen LogP contribution in [0.1, 0.15) is 34.5 Å². The van der Waals surface area contributed by atoms with E-state index in [1.54, 1.807) is 19.1 Å². The molecule has 0 saturated carbocycles. The number of nitrogens with one attached hydrogen (secondary N) is 1. The first-order chi connectivity index (χ1) is 9.89. The Kier molecular flexibility index (Phi) is 4.31. The SMILES string of the molecule is CC(NC(=O)c1ccccc1C(F)(F)F)c1ccccc1. The summed E-state index contributed by atoms with van der Waals surface area (Å²) >= 11 is 0. The van der Waals surface area contributed by atoms with Gasteiger partial charge in [0.05, 0.1) is 17.2 Å². The van der Waals surface area contributed by atoms with Gasteiger partial charge in [0, 0.05) is 0 Å². The number of hydrogen-bond acceptors (Lipinski definition) is 1. The van der Waals surface area contributed by atoms with Crippen LogP contribution in [0.4, 0.5) is 13.2 Å². The minimum atomic E-state index is -4.55. The van der Waals surface area contributed by atoms with Gasteiger partial charge < -0.3 is 5.32 Å². The molecule has 2 nitrogen and oxygen atoms in total. The zero-order valence-electron chi connectivity index (χ0n) is 11.3. The van der Waals surface area contributed by atoms with Crippen LogP contribution in [0.5, 0.6) is 0 Å². The van der Waals surface area contributed by atoms with E-state index >= 15 is 0 Å². The van der Waals surface area contributed by atoms with Crippen molar-refractivity contribution in [3.05, 3.63) is 71.3 Å². The van der Waals surface area contributed by atoms with E-state index in [-0.39, 0.29) is 11.6 Å². The molecule has 5 heteroatoms. The summed E-state index contributed by atoms with van der Waals surface area (Å²) in [5.74, 6) is -0.737. The fourth-order valence-corrected chi connectivity index (χ4v) is 2.03. The monoisotopic (exact) mass is 293 g/mol. The van der Waals surface area contributed by atoms with Gasteiger partial charge in [-0.2, -0.15) is 13.2 Å². The van der Waals surface area contributed by atoms with Crippen LogP contribution in [-0.4, -0.2) is 5.91 Å². The largest absolute Gasteiger partial charge is 0.417 e. The number of halogens is 3. The zero-order chi connectivity index (χ0) is 15.5. The Hall–Kier alpha value is -2.30. The molecule has 0 aliphatic heterocycles. The summed E-state index contributed by atoms with van der Waals surface area (Å²) in [7, 11) is 0. The molecule has 110 valence electrons. The van der Waals surface area contributed by atoms with Crippen LogP contribution < -0.4 is 5.32 Å². The summed E-state index contributed by atoms with van der Waals surface area (Å²) in [6.45, 7) is 1.73. The number of amides is 1. The minimum absolute atomic E-state index is 0.368. The number of hydrogen-bond donors (Lipinski definition) is 1. The van der Waals surface area contributed by atoms with Crippen molar-refractivity contribution in [2.75, 3.05) is 0 Å². The predicted octanol–water partition coefficient (Wildman–Crippen LogP) is 4.20. The molecule has 2 aromatic carbocycles. The predicted molar refractivity (Wildman–Crippen MR) is 73.8 cm³/mol. The first kappa shape index (κ1) is 15.1. The van der Waals surface area contributed by atoms with Crippen LogP contribution >= 0.6 is 0 Å². The van der Waals surface area contributed by atoms with Gasteiger partial charge >= 0.3 is 6.18 Å². The Morgan fingerprint density at radius 3 is 2.19 bits per heavy atom. The van der Waals surface area contributed by atoms with E-state index in [4.69, 9.17) is 0 Å². The van der Waals surface area contributed by atoms with Crippen molar-refractivity contribution in [1.29, 1.82) is 0 Å². The van der Waals surface area contributed by atoms with Crippen molar-refractivity contribution in [1.82, 2.24) is 5.32 Å². The maximum Gasteiger partial charge on any atom is 0.417 e. The van der Waals surface area contributed by atoms with Crippen molar-refractivity contribution in [3.8, 4) is 0 Å². The number of benzene rings is 2. The Morgan fingerprint density at radius 1 is 1.00 bits per heavy atom. The summed E-state index contributed by atoms with van der Waals surface area (Å²) in [5.41, 5.74) is -0.467. The second-order valence-electron chi connectivity index (χ2n) is 4.65. The van der Waals surface area contributed by atoms with Crippen LogP contribution in [0.3, 0.4) is 0 Å². The Bertz CT molecular complexity index is 623. The standard InChI is InChI=1S/C16H14F3NO/c1-11(12-7-3-2-4-8-12)20-15(21)13-9-5-6-10-14(13)16(17,18)19/h2-11H,1H3,(H,20,21). The molecule has 0 fully saturated rings. The maximum atomic E-state index is 12.9. The van der Waals surface area contributed by atoms with Crippen LogP contribution in [0.2, 0.25) is 0 Å². The van der Waals surface area contributed by atoms with Gasteiger partial charge in [-0.25, -0.2) is 0 Å².